The number of thiazole rings is 1. The van der Waals surface area contributed by atoms with Gasteiger partial charge in [0.15, 0.2) is 5.13 Å². The Balaban J connectivity index is 2.95. The summed E-state index contributed by atoms with van der Waals surface area (Å²) in [6.07, 6.45) is -0.796. The molecular formula is C12H14ClN3O7S. The van der Waals surface area contributed by atoms with E-state index in [1.54, 1.807) is 20.8 Å². The standard InChI is InChI=1S/C12H14ClN3O7S/c1-12(2,3)23-11(21)15-10-14-6(8(13)24-10)7(9(19)20)16-22-4-5(17)18/h4H2,1-3H3,(H,17,18)(H,19,20)(H,14,15,21)/b16-7-. The van der Waals surface area contributed by atoms with E-state index in [1.165, 1.54) is 0 Å². The van der Waals surface area contributed by atoms with E-state index in [0.717, 1.165) is 11.3 Å². The van der Waals surface area contributed by atoms with E-state index in [2.05, 4.69) is 20.3 Å². The molecule has 0 aliphatic heterocycles. The first kappa shape index (κ1) is 19.6. The van der Waals surface area contributed by atoms with Crippen LogP contribution in [0.15, 0.2) is 5.16 Å². The number of anilines is 1. The average molecular weight is 380 g/mol. The van der Waals surface area contributed by atoms with Crippen molar-refractivity contribution >= 4 is 51.8 Å². The Morgan fingerprint density at radius 2 is 1.96 bits per heavy atom. The number of hydrogen-bond acceptors (Lipinski definition) is 8. The lowest BCUT2D eigenvalue weighted by atomic mass is 10.2. The van der Waals surface area contributed by atoms with Crippen LogP contribution < -0.4 is 5.32 Å². The first-order valence-corrected chi connectivity index (χ1v) is 7.51. The predicted octanol–water partition coefficient (Wildman–Crippen LogP) is 2.03. The van der Waals surface area contributed by atoms with Crippen LogP contribution >= 0.6 is 22.9 Å². The number of oxime groups is 1. The summed E-state index contributed by atoms with van der Waals surface area (Å²) in [5, 5.41) is 23.0. The maximum Gasteiger partial charge on any atom is 0.413 e. The van der Waals surface area contributed by atoms with Crippen LogP contribution in [0, 0.1) is 0 Å². The van der Waals surface area contributed by atoms with Crippen LogP contribution in [0.3, 0.4) is 0 Å². The fourth-order valence-corrected chi connectivity index (χ4v) is 2.26. The van der Waals surface area contributed by atoms with Gasteiger partial charge < -0.3 is 19.8 Å². The number of carbonyl (C=O) groups is 3. The topological polar surface area (TPSA) is 147 Å². The zero-order chi connectivity index (χ0) is 18.5. The highest BCUT2D eigenvalue weighted by Crippen LogP contribution is 2.29. The monoisotopic (exact) mass is 379 g/mol. The SMILES string of the molecule is CC(C)(C)OC(=O)Nc1nc(/C(=N/OCC(=O)O)C(=O)O)c(Cl)s1. The number of carboxylic acid groups (broad SMARTS) is 2. The van der Waals surface area contributed by atoms with Crippen LogP contribution in [-0.2, 0) is 19.2 Å². The van der Waals surface area contributed by atoms with Gasteiger partial charge in [0.25, 0.3) is 0 Å². The van der Waals surface area contributed by atoms with Gasteiger partial charge in [-0.3, -0.25) is 5.32 Å². The second kappa shape index (κ2) is 7.93. The summed E-state index contributed by atoms with van der Waals surface area (Å²) >= 11 is 6.67. The fraction of sp³-hybridized carbons (Fsp3) is 0.417. The molecule has 3 N–H and O–H groups in total. The number of rotatable bonds is 6. The van der Waals surface area contributed by atoms with Crippen molar-refractivity contribution in [3.63, 3.8) is 0 Å². The fourth-order valence-electron chi connectivity index (χ4n) is 1.23. The van der Waals surface area contributed by atoms with Gasteiger partial charge in [0.2, 0.25) is 12.3 Å². The van der Waals surface area contributed by atoms with Gasteiger partial charge in [0.1, 0.15) is 15.6 Å². The zero-order valence-corrected chi connectivity index (χ0v) is 14.4. The summed E-state index contributed by atoms with van der Waals surface area (Å²) < 4.78 is 4.94. The summed E-state index contributed by atoms with van der Waals surface area (Å²) in [5.74, 6) is -2.86. The van der Waals surface area contributed by atoms with Crippen molar-refractivity contribution in [2.75, 3.05) is 11.9 Å². The second-order valence-corrected chi connectivity index (χ2v) is 6.78. The van der Waals surface area contributed by atoms with Gasteiger partial charge in [-0.05, 0) is 20.8 Å². The number of nitrogens with one attached hydrogen (secondary N) is 1. The molecule has 0 saturated carbocycles. The molecule has 10 nitrogen and oxygen atoms in total. The molecule has 0 atom stereocenters. The molecule has 0 saturated heterocycles. The maximum absolute atomic E-state index is 11.7. The molecule has 0 unspecified atom stereocenters. The van der Waals surface area contributed by atoms with Crippen molar-refractivity contribution in [3.05, 3.63) is 10.0 Å². The van der Waals surface area contributed by atoms with Gasteiger partial charge >= 0.3 is 18.0 Å². The molecule has 0 spiro atoms. The minimum Gasteiger partial charge on any atom is -0.479 e. The summed E-state index contributed by atoms with van der Waals surface area (Å²) in [6.45, 7) is 4.17. The molecule has 1 aromatic rings. The number of hydrogen-bond donors (Lipinski definition) is 3. The van der Waals surface area contributed by atoms with Crippen LogP contribution in [0.25, 0.3) is 0 Å². The molecule has 0 fully saturated rings. The van der Waals surface area contributed by atoms with Gasteiger partial charge in [0.05, 0.1) is 0 Å². The predicted molar refractivity (Wildman–Crippen MR) is 84.7 cm³/mol. The van der Waals surface area contributed by atoms with Crippen molar-refractivity contribution in [1.82, 2.24) is 4.98 Å². The number of aromatic nitrogens is 1. The van der Waals surface area contributed by atoms with Crippen LogP contribution in [-0.4, -0.2) is 51.1 Å². The Hall–Kier alpha value is -2.40. The molecule has 1 aromatic heterocycles. The number of halogens is 1. The van der Waals surface area contributed by atoms with E-state index < -0.39 is 36.0 Å². The van der Waals surface area contributed by atoms with Gasteiger partial charge in [-0.2, -0.15) is 0 Å². The number of nitrogens with zero attached hydrogens (tertiary/aromatic N) is 2. The molecule has 1 amide bonds. The number of aliphatic carboxylic acids is 2. The quantitative estimate of drug-likeness (QED) is 0.502. The third-order valence-electron chi connectivity index (χ3n) is 1.96. The molecule has 0 radical (unpaired) electrons. The van der Waals surface area contributed by atoms with Crippen molar-refractivity contribution in [3.8, 4) is 0 Å². The van der Waals surface area contributed by atoms with Crippen LogP contribution in [0.4, 0.5) is 9.93 Å². The van der Waals surface area contributed by atoms with E-state index in [0.29, 0.717) is 0 Å². The van der Waals surface area contributed by atoms with Crippen molar-refractivity contribution in [2.45, 2.75) is 26.4 Å². The lowest BCUT2D eigenvalue weighted by Crippen LogP contribution is -2.27. The van der Waals surface area contributed by atoms with Gasteiger partial charge in [0, 0.05) is 0 Å². The molecule has 24 heavy (non-hydrogen) atoms. The van der Waals surface area contributed by atoms with E-state index >= 15 is 0 Å². The Labute approximate surface area is 145 Å². The van der Waals surface area contributed by atoms with Gasteiger partial charge in [-0.1, -0.05) is 28.1 Å². The summed E-state index contributed by atoms with van der Waals surface area (Å²) in [4.78, 5) is 41.4. The number of carboxylic acids is 2. The molecule has 1 rings (SSSR count). The van der Waals surface area contributed by atoms with Crippen LogP contribution in [0.5, 0.6) is 0 Å². The first-order chi connectivity index (χ1) is 11.0. The third kappa shape index (κ3) is 6.38. The second-order valence-electron chi connectivity index (χ2n) is 5.18. The molecule has 0 aromatic carbocycles. The number of amides is 1. The van der Waals surface area contributed by atoms with Crippen molar-refractivity contribution in [2.24, 2.45) is 5.16 Å². The van der Waals surface area contributed by atoms with E-state index in [1.807, 2.05) is 0 Å². The Bertz CT molecular complexity index is 681. The Morgan fingerprint density at radius 1 is 1.33 bits per heavy atom. The molecule has 0 aliphatic rings. The highest BCUT2D eigenvalue weighted by molar-refractivity contribution is 7.20. The van der Waals surface area contributed by atoms with Crippen molar-refractivity contribution < 1.29 is 34.2 Å². The zero-order valence-electron chi connectivity index (χ0n) is 12.8. The van der Waals surface area contributed by atoms with Crippen LogP contribution in [0.1, 0.15) is 26.5 Å². The van der Waals surface area contributed by atoms with Gasteiger partial charge in [-0.15, -0.1) is 0 Å². The highest BCUT2D eigenvalue weighted by Gasteiger charge is 2.24. The molecule has 132 valence electrons. The number of carbonyl (C=O) groups excluding carboxylic acids is 1. The smallest absolute Gasteiger partial charge is 0.413 e. The van der Waals surface area contributed by atoms with Gasteiger partial charge in [-0.25, -0.2) is 19.4 Å². The highest BCUT2D eigenvalue weighted by atomic mass is 35.5. The van der Waals surface area contributed by atoms with Crippen LogP contribution in [0.2, 0.25) is 4.34 Å². The maximum atomic E-state index is 11.7. The largest absolute Gasteiger partial charge is 0.479 e. The van der Waals surface area contributed by atoms with E-state index in [9.17, 15) is 14.4 Å². The van der Waals surface area contributed by atoms with E-state index in [-0.39, 0.29) is 15.2 Å². The lowest BCUT2D eigenvalue weighted by Gasteiger charge is -2.18. The minimum absolute atomic E-state index is 0.0172. The third-order valence-corrected chi connectivity index (χ3v) is 3.13. The Morgan fingerprint density at radius 3 is 2.46 bits per heavy atom. The lowest BCUT2D eigenvalue weighted by molar-refractivity contribution is -0.142. The average Bonchev–Trinajstić information content (AvgIpc) is 2.72. The summed E-state index contributed by atoms with van der Waals surface area (Å²) in [5.41, 5.74) is -1.70. The molecule has 1 heterocycles. The van der Waals surface area contributed by atoms with E-state index in [4.69, 9.17) is 26.6 Å². The normalized spacial score (nSPS) is 11.8. The molecule has 0 bridgehead atoms. The number of ether oxygens (including phenoxy) is 1. The summed E-state index contributed by atoms with van der Waals surface area (Å²) in [6, 6.07) is 0. The molecular weight excluding hydrogens is 366 g/mol. The van der Waals surface area contributed by atoms with Crippen molar-refractivity contribution in [1.29, 1.82) is 0 Å². The summed E-state index contributed by atoms with van der Waals surface area (Å²) in [7, 11) is 0. The molecule has 12 heteroatoms. The molecule has 0 aliphatic carbocycles. The minimum atomic E-state index is -1.53. The Kier molecular flexibility index (Phi) is 6.49. The first-order valence-electron chi connectivity index (χ1n) is 6.31.